The summed E-state index contributed by atoms with van der Waals surface area (Å²) in [6.07, 6.45) is 2.30. The van der Waals surface area contributed by atoms with E-state index in [0.29, 0.717) is 29.6 Å². The normalized spacial score (nSPS) is 11.2. The Kier molecular flexibility index (Phi) is 8.51. The molecule has 34 heavy (non-hydrogen) atoms. The molecule has 0 radical (unpaired) electrons. The number of hydrogen-bond acceptors (Lipinski definition) is 3. The highest BCUT2D eigenvalue weighted by Crippen LogP contribution is 2.26. The van der Waals surface area contributed by atoms with Crippen molar-refractivity contribution in [1.29, 1.82) is 0 Å². The zero-order valence-corrected chi connectivity index (χ0v) is 21.3. The minimum atomic E-state index is -0.278. The number of aryl methyl sites for hydroxylation is 1. The van der Waals surface area contributed by atoms with Crippen LogP contribution in [0.15, 0.2) is 54.7 Å². The Labute approximate surface area is 206 Å². The van der Waals surface area contributed by atoms with Crippen molar-refractivity contribution in [3.63, 3.8) is 0 Å². The molecule has 0 saturated heterocycles. The molecule has 180 valence electrons. The Bertz CT molecular complexity index is 1120. The fraction of sp³-hybridized carbons (Fsp3) is 0.370. The molecule has 0 atom stereocenters. The van der Waals surface area contributed by atoms with Crippen LogP contribution in [0.25, 0.3) is 16.9 Å². The van der Waals surface area contributed by atoms with E-state index in [1.165, 1.54) is 0 Å². The molecule has 3 aromatic rings. The van der Waals surface area contributed by atoms with E-state index in [1.807, 2.05) is 93.9 Å². The number of imidazole rings is 1. The molecule has 0 fully saturated rings. The average molecular weight is 481 g/mol. The lowest BCUT2D eigenvalue weighted by molar-refractivity contribution is -0.135. The summed E-state index contributed by atoms with van der Waals surface area (Å²) in [5.74, 6) is 0.601. The summed E-state index contributed by atoms with van der Waals surface area (Å²) in [6.45, 7) is 10.6. The lowest BCUT2D eigenvalue weighted by atomic mass is 10.1. The van der Waals surface area contributed by atoms with Crippen LogP contribution in [0.1, 0.15) is 39.7 Å². The van der Waals surface area contributed by atoms with Gasteiger partial charge in [-0.25, -0.2) is 4.98 Å². The fourth-order valence-corrected chi connectivity index (χ4v) is 3.77. The van der Waals surface area contributed by atoms with Crippen molar-refractivity contribution in [3.05, 3.63) is 65.3 Å². The number of benzene rings is 2. The van der Waals surface area contributed by atoms with Crippen LogP contribution in [-0.2, 0) is 9.59 Å². The summed E-state index contributed by atoms with van der Waals surface area (Å²) in [7, 11) is 0. The predicted molar refractivity (Wildman–Crippen MR) is 138 cm³/mol. The maximum Gasteiger partial charge on any atom is 0.246 e. The van der Waals surface area contributed by atoms with Crippen LogP contribution >= 0.6 is 11.6 Å². The lowest BCUT2D eigenvalue weighted by Crippen LogP contribution is -2.40. The molecule has 0 saturated carbocycles. The van der Waals surface area contributed by atoms with Gasteiger partial charge >= 0.3 is 0 Å². The van der Waals surface area contributed by atoms with Gasteiger partial charge in [-0.2, -0.15) is 0 Å². The summed E-state index contributed by atoms with van der Waals surface area (Å²) in [6, 6.07) is 15.4. The van der Waals surface area contributed by atoms with E-state index in [-0.39, 0.29) is 30.2 Å². The van der Waals surface area contributed by atoms with Crippen molar-refractivity contribution in [3.8, 4) is 16.9 Å². The number of amides is 2. The van der Waals surface area contributed by atoms with Crippen LogP contribution in [0, 0.1) is 18.8 Å². The summed E-state index contributed by atoms with van der Waals surface area (Å²) in [5.41, 5.74) is 3.62. The minimum Gasteiger partial charge on any atom is -0.333 e. The van der Waals surface area contributed by atoms with E-state index in [4.69, 9.17) is 16.6 Å². The molecule has 0 unspecified atom stereocenters. The Hall–Kier alpha value is -3.12. The first kappa shape index (κ1) is 25.5. The van der Waals surface area contributed by atoms with Gasteiger partial charge in [0.25, 0.3) is 0 Å². The molecule has 3 rings (SSSR count). The largest absolute Gasteiger partial charge is 0.333 e. The van der Waals surface area contributed by atoms with Crippen LogP contribution in [-0.4, -0.2) is 39.4 Å². The van der Waals surface area contributed by atoms with Crippen LogP contribution in [0.4, 0.5) is 5.95 Å². The first-order valence-corrected chi connectivity index (χ1v) is 12.0. The molecular weight excluding hydrogens is 448 g/mol. The van der Waals surface area contributed by atoms with E-state index >= 15 is 0 Å². The van der Waals surface area contributed by atoms with Gasteiger partial charge in [-0.05, 0) is 43.0 Å². The summed E-state index contributed by atoms with van der Waals surface area (Å²) < 4.78 is 1.85. The molecule has 0 aliphatic rings. The number of carbonyl (C=O) groups excluding carboxylic acids is 2. The summed E-state index contributed by atoms with van der Waals surface area (Å²) >= 11 is 6.04. The van der Waals surface area contributed by atoms with Gasteiger partial charge in [0.15, 0.2) is 0 Å². The summed E-state index contributed by atoms with van der Waals surface area (Å²) in [5, 5.41) is 3.58. The highest BCUT2D eigenvalue weighted by atomic mass is 35.5. The lowest BCUT2D eigenvalue weighted by Gasteiger charge is -2.25. The number of carbonyl (C=O) groups is 2. The molecule has 0 aliphatic heterocycles. The number of nitrogens with zero attached hydrogens (tertiary/aromatic N) is 3. The van der Waals surface area contributed by atoms with Gasteiger partial charge in [-0.3, -0.25) is 19.5 Å². The Morgan fingerprint density at radius 3 is 2.24 bits per heavy atom. The minimum absolute atomic E-state index is 0.0115. The molecule has 7 heteroatoms. The SMILES string of the molecule is Cc1ccc(-n2cc(-c3ccc(Cl)cc3)nc2NC(=O)CN(CC(C)C)C(=O)CC(C)C)cc1. The van der Waals surface area contributed by atoms with Gasteiger partial charge in [0.1, 0.15) is 0 Å². The zero-order chi connectivity index (χ0) is 24.8. The van der Waals surface area contributed by atoms with Crippen molar-refractivity contribution in [1.82, 2.24) is 14.5 Å². The smallest absolute Gasteiger partial charge is 0.246 e. The molecule has 1 heterocycles. The topological polar surface area (TPSA) is 67.2 Å². The molecule has 0 spiro atoms. The monoisotopic (exact) mass is 480 g/mol. The third-order valence-electron chi connectivity index (χ3n) is 5.26. The number of nitrogens with one attached hydrogen (secondary N) is 1. The second kappa shape index (κ2) is 11.3. The van der Waals surface area contributed by atoms with Gasteiger partial charge < -0.3 is 4.90 Å². The fourth-order valence-electron chi connectivity index (χ4n) is 3.64. The Morgan fingerprint density at radius 2 is 1.65 bits per heavy atom. The predicted octanol–water partition coefficient (Wildman–Crippen LogP) is 5.97. The highest BCUT2D eigenvalue weighted by Gasteiger charge is 2.21. The molecule has 0 aliphatic carbocycles. The number of rotatable bonds is 9. The van der Waals surface area contributed by atoms with E-state index in [9.17, 15) is 9.59 Å². The first-order valence-electron chi connectivity index (χ1n) is 11.6. The molecule has 6 nitrogen and oxygen atoms in total. The third kappa shape index (κ3) is 6.94. The second-order valence-electron chi connectivity index (χ2n) is 9.48. The number of hydrogen-bond donors (Lipinski definition) is 1. The summed E-state index contributed by atoms with van der Waals surface area (Å²) in [4.78, 5) is 32.1. The van der Waals surface area contributed by atoms with Crippen molar-refractivity contribution < 1.29 is 9.59 Å². The van der Waals surface area contributed by atoms with E-state index in [2.05, 4.69) is 5.32 Å². The molecule has 1 aromatic heterocycles. The molecule has 0 bridgehead atoms. The van der Waals surface area contributed by atoms with Crippen molar-refractivity contribution in [2.45, 2.75) is 41.0 Å². The molecule has 2 aromatic carbocycles. The van der Waals surface area contributed by atoms with Gasteiger partial charge in [0.05, 0.1) is 12.2 Å². The zero-order valence-electron chi connectivity index (χ0n) is 20.5. The molecule has 2 amide bonds. The van der Waals surface area contributed by atoms with Gasteiger partial charge in [-0.1, -0.05) is 69.1 Å². The van der Waals surface area contributed by atoms with E-state index in [0.717, 1.165) is 16.8 Å². The van der Waals surface area contributed by atoms with Crippen molar-refractivity contribution in [2.24, 2.45) is 11.8 Å². The number of aromatic nitrogens is 2. The maximum absolute atomic E-state index is 13.0. The number of anilines is 1. The maximum atomic E-state index is 13.0. The average Bonchev–Trinajstić information content (AvgIpc) is 3.17. The quantitative estimate of drug-likeness (QED) is 0.410. The second-order valence-corrected chi connectivity index (χ2v) is 9.91. The Morgan fingerprint density at radius 1 is 1.00 bits per heavy atom. The van der Waals surface area contributed by atoms with Gasteiger partial charge in [0.2, 0.25) is 17.8 Å². The standard InChI is InChI=1S/C27H33ClN4O2/c1-18(2)14-26(34)31(15-19(3)4)17-25(33)30-27-29-24(21-8-10-22(28)11-9-21)16-32(27)23-12-6-20(5)7-13-23/h6-13,16,18-19H,14-15,17H2,1-5H3,(H,29,30,33). The van der Waals surface area contributed by atoms with E-state index in [1.54, 1.807) is 4.90 Å². The van der Waals surface area contributed by atoms with Crippen LogP contribution in [0.3, 0.4) is 0 Å². The van der Waals surface area contributed by atoms with Gasteiger partial charge in [-0.15, -0.1) is 0 Å². The first-order chi connectivity index (χ1) is 16.1. The Balaban J connectivity index is 1.89. The van der Waals surface area contributed by atoms with Gasteiger partial charge in [0, 0.05) is 35.4 Å². The molecular formula is C27H33ClN4O2. The van der Waals surface area contributed by atoms with Crippen LogP contribution in [0.5, 0.6) is 0 Å². The van der Waals surface area contributed by atoms with Crippen molar-refractivity contribution >= 4 is 29.4 Å². The third-order valence-corrected chi connectivity index (χ3v) is 5.52. The van der Waals surface area contributed by atoms with Crippen molar-refractivity contribution in [2.75, 3.05) is 18.4 Å². The van der Waals surface area contributed by atoms with E-state index < -0.39 is 0 Å². The van der Waals surface area contributed by atoms with Crippen LogP contribution in [0.2, 0.25) is 5.02 Å². The highest BCUT2D eigenvalue weighted by molar-refractivity contribution is 6.30. The molecule has 1 N–H and O–H groups in total. The van der Waals surface area contributed by atoms with Crippen LogP contribution < -0.4 is 5.32 Å². The number of halogens is 1.